The molecule has 0 aliphatic heterocycles. The van der Waals surface area contributed by atoms with Crippen LogP contribution < -0.4 is 15.8 Å². The molecule has 0 fully saturated rings. The fourth-order valence-corrected chi connectivity index (χ4v) is 1.87. The predicted molar refractivity (Wildman–Crippen MR) is 81.2 cm³/mol. The molecule has 6 nitrogen and oxygen atoms in total. The molecule has 0 spiro atoms. The first kappa shape index (κ1) is 16.7. The molecule has 1 amide bonds. The summed E-state index contributed by atoms with van der Waals surface area (Å²) in [5.74, 6) is 1.15. The molecule has 112 valence electrons. The lowest BCUT2D eigenvalue weighted by Gasteiger charge is -2.11. The van der Waals surface area contributed by atoms with E-state index in [-0.39, 0.29) is 5.91 Å². The van der Waals surface area contributed by atoms with Crippen LogP contribution in [0.15, 0.2) is 18.3 Å². The number of amides is 1. The van der Waals surface area contributed by atoms with E-state index in [0.717, 1.165) is 5.75 Å². The number of aromatic nitrogens is 1. The minimum Gasteiger partial charge on any atom is -0.475 e. The number of nitrogens with zero attached hydrogens (tertiary/aromatic N) is 1. The summed E-state index contributed by atoms with van der Waals surface area (Å²) in [6.07, 6.45) is 4.18. The normalized spacial score (nSPS) is 11.9. The number of rotatable bonds is 9. The van der Waals surface area contributed by atoms with Gasteiger partial charge in [0.1, 0.15) is 6.61 Å². The number of ether oxygens (including phenoxy) is 2. The van der Waals surface area contributed by atoms with Gasteiger partial charge in [-0.3, -0.25) is 4.79 Å². The quantitative estimate of drug-likeness (QED) is 0.665. The van der Waals surface area contributed by atoms with Gasteiger partial charge in [-0.05, 0) is 24.5 Å². The van der Waals surface area contributed by atoms with Crippen LogP contribution in [-0.4, -0.2) is 49.3 Å². The summed E-state index contributed by atoms with van der Waals surface area (Å²) in [6, 6.07) is 2.92. The summed E-state index contributed by atoms with van der Waals surface area (Å²) in [6.45, 7) is 0.944. The summed E-state index contributed by atoms with van der Waals surface area (Å²) in [7, 11) is 1.61. The fourth-order valence-electron chi connectivity index (χ4n) is 1.38. The van der Waals surface area contributed by atoms with Gasteiger partial charge in [-0.15, -0.1) is 0 Å². The highest BCUT2D eigenvalue weighted by atomic mass is 32.2. The van der Waals surface area contributed by atoms with Crippen molar-refractivity contribution < 1.29 is 14.3 Å². The number of nitrogens with one attached hydrogen (secondary N) is 1. The molecule has 3 N–H and O–H groups in total. The van der Waals surface area contributed by atoms with E-state index in [0.29, 0.717) is 31.2 Å². The van der Waals surface area contributed by atoms with E-state index in [9.17, 15) is 4.79 Å². The number of anilines is 1. The van der Waals surface area contributed by atoms with Crippen LogP contribution in [0.4, 0.5) is 5.69 Å². The van der Waals surface area contributed by atoms with Crippen molar-refractivity contribution in [1.29, 1.82) is 0 Å². The molecule has 0 aromatic carbocycles. The van der Waals surface area contributed by atoms with Crippen molar-refractivity contribution in [3.05, 3.63) is 18.3 Å². The van der Waals surface area contributed by atoms with Crippen LogP contribution in [0.1, 0.15) is 6.42 Å². The van der Waals surface area contributed by atoms with Crippen LogP contribution >= 0.6 is 11.8 Å². The second-order valence-electron chi connectivity index (χ2n) is 4.10. The Balaban J connectivity index is 2.42. The first-order valence-electron chi connectivity index (χ1n) is 6.30. The standard InChI is InChI=1S/C13H21N3O3S/c1-18-6-7-19-12-4-3-10(9-15-12)16-13(17)11(14)5-8-20-2/h3-4,9,11H,5-8,14H2,1-2H3,(H,16,17)/t11-/m1/s1. The number of pyridine rings is 1. The maximum atomic E-state index is 11.8. The van der Waals surface area contributed by atoms with Crippen LogP contribution in [-0.2, 0) is 9.53 Å². The van der Waals surface area contributed by atoms with E-state index in [1.807, 2.05) is 6.26 Å². The molecule has 0 saturated carbocycles. The number of carbonyl (C=O) groups is 1. The molecule has 0 unspecified atom stereocenters. The molecule has 1 rings (SSSR count). The van der Waals surface area contributed by atoms with Gasteiger partial charge in [0.25, 0.3) is 0 Å². The van der Waals surface area contributed by atoms with Crippen molar-refractivity contribution in [3.8, 4) is 5.88 Å². The minimum atomic E-state index is -0.500. The number of nitrogens with two attached hydrogens (primary N) is 1. The van der Waals surface area contributed by atoms with Gasteiger partial charge in [-0.2, -0.15) is 11.8 Å². The summed E-state index contributed by atoms with van der Waals surface area (Å²) < 4.78 is 10.2. The van der Waals surface area contributed by atoms with Crippen LogP contribution in [0.3, 0.4) is 0 Å². The highest BCUT2D eigenvalue weighted by molar-refractivity contribution is 7.98. The Morgan fingerprint density at radius 2 is 2.30 bits per heavy atom. The van der Waals surface area contributed by atoms with E-state index >= 15 is 0 Å². The molecule has 0 radical (unpaired) electrons. The van der Waals surface area contributed by atoms with Crippen molar-refractivity contribution >= 4 is 23.4 Å². The molecule has 0 aliphatic rings. The largest absolute Gasteiger partial charge is 0.475 e. The first-order valence-corrected chi connectivity index (χ1v) is 7.70. The van der Waals surface area contributed by atoms with Gasteiger partial charge >= 0.3 is 0 Å². The van der Waals surface area contributed by atoms with Crippen molar-refractivity contribution in [2.24, 2.45) is 5.73 Å². The molecule has 1 aromatic rings. The summed E-state index contributed by atoms with van der Waals surface area (Å²) >= 11 is 1.67. The molecular weight excluding hydrogens is 278 g/mol. The fraction of sp³-hybridized carbons (Fsp3) is 0.538. The van der Waals surface area contributed by atoms with E-state index < -0.39 is 6.04 Å². The van der Waals surface area contributed by atoms with Crippen molar-refractivity contribution in [1.82, 2.24) is 4.98 Å². The Hall–Kier alpha value is -1.31. The zero-order valence-electron chi connectivity index (χ0n) is 11.8. The molecule has 0 saturated heterocycles. The first-order chi connectivity index (χ1) is 9.67. The highest BCUT2D eigenvalue weighted by Crippen LogP contribution is 2.12. The summed E-state index contributed by atoms with van der Waals surface area (Å²) in [4.78, 5) is 15.9. The Morgan fingerprint density at radius 3 is 2.90 bits per heavy atom. The van der Waals surface area contributed by atoms with E-state index in [4.69, 9.17) is 15.2 Å². The lowest BCUT2D eigenvalue weighted by Crippen LogP contribution is -2.36. The third kappa shape index (κ3) is 6.23. The molecule has 1 aromatic heterocycles. The molecule has 1 heterocycles. The average Bonchev–Trinajstić information content (AvgIpc) is 2.46. The van der Waals surface area contributed by atoms with Crippen molar-refractivity contribution in [2.75, 3.05) is 37.6 Å². The molecule has 1 atom stereocenters. The van der Waals surface area contributed by atoms with Crippen LogP contribution in [0.5, 0.6) is 5.88 Å². The van der Waals surface area contributed by atoms with Gasteiger partial charge in [-0.25, -0.2) is 4.98 Å². The highest BCUT2D eigenvalue weighted by Gasteiger charge is 2.13. The Labute approximate surface area is 123 Å². The molecule has 0 aliphatic carbocycles. The predicted octanol–water partition coefficient (Wildman–Crippen LogP) is 1.13. The summed E-state index contributed by atoms with van der Waals surface area (Å²) in [5, 5.41) is 2.73. The monoisotopic (exact) mass is 299 g/mol. The van der Waals surface area contributed by atoms with E-state index in [1.165, 1.54) is 0 Å². The van der Waals surface area contributed by atoms with Gasteiger partial charge in [0.15, 0.2) is 0 Å². The minimum absolute atomic E-state index is 0.200. The molecule has 0 bridgehead atoms. The number of hydrogen-bond donors (Lipinski definition) is 2. The SMILES string of the molecule is COCCOc1ccc(NC(=O)[C@H](N)CCSC)cn1. The van der Waals surface area contributed by atoms with Gasteiger partial charge < -0.3 is 20.5 Å². The van der Waals surface area contributed by atoms with Gasteiger partial charge in [0.05, 0.1) is 24.5 Å². The van der Waals surface area contributed by atoms with E-state index in [1.54, 1.807) is 37.2 Å². The average molecular weight is 299 g/mol. The third-order valence-corrected chi connectivity index (χ3v) is 3.15. The number of methoxy groups -OCH3 is 1. The number of thioether (sulfide) groups is 1. The third-order valence-electron chi connectivity index (χ3n) is 2.51. The van der Waals surface area contributed by atoms with Gasteiger partial charge in [0.2, 0.25) is 11.8 Å². The zero-order chi connectivity index (χ0) is 14.8. The Bertz CT molecular complexity index is 400. The molecule has 20 heavy (non-hydrogen) atoms. The molecule has 7 heteroatoms. The van der Waals surface area contributed by atoms with Gasteiger partial charge in [0, 0.05) is 13.2 Å². The Morgan fingerprint density at radius 1 is 1.50 bits per heavy atom. The van der Waals surface area contributed by atoms with E-state index in [2.05, 4.69) is 10.3 Å². The second kappa shape index (κ2) is 9.57. The van der Waals surface area contributed by atoms with Crippen molar-refractivity contribution in [3.63, 3.8) is 0 Å². The number of carbonyl (C=O) groups excluding carboxylic acids is 1. The topological polar surface area (TPSA) is 86.5 Å². The lowest BCUT2D eigenvalue weighted by molar-refractivity contribution is -0.117. The zero-order valence-corrected chi connectivity index (χ0v) is 12.6. The summed E-state index contributed by atoms with van der Waals surface area (Å²) in [5.41, 5.74) is 6.38. The lowest BCUT2D eigenvalue weighted by atomic mass is 10.2. The maximum absolute atomic E-state index is 11.8. The van der Waals surface area contributed by atoms with Gasteiger partial charge in [-0.1, -0.05) is 0 Å². The smallest absolute Gasteiger partial charge is 0.241 e. The maximum Gasteiger partial charge on any atom is 0.241 e. The Kier molecular flexibility index (Phi) is 8.01. The number of hydrogen-bond acceptors (Lipinski definition) is 6. The second-order valence-corrected chi connectivity index (χ2v) is 5.09. The molecular formula is C13H21N3O3S. The van der Waals surface area contributed by atoms with Crippen LogP contribution in [0.25, 0.3) is 0 Å². The van der Waals surface area contributed by atoms with Crippen LogP contribution in [0.2, 0.25) is 0 Å². The van der Waals surface area contributed by atoms with Crippen LogP contribution in [0, 0.1) is 0 Å². The van der Waals surface area contributed by atoms with Crippen molar-refractivity contribution in [2.45, 2.75) is 12.5 Å².